The van der Waals surface area contributed by atoms with Gasteiger partial charge in [-0.2, -0.15) is 0 Å². The molecular formula is C16H16N2O2S. The van der Waals surface area contributed by atoms with Crippen molar-refractivity contribution in [2.75, 3.05) is 13.7 Å². The molecule has 2 aromatic rings. The fourth-order valence-electron chi connectivity index (χ4n) is 1.83. The molecule has 2 rings (SSSR count). The van der Waals surface area contributed by atoms with Crippen molar-refractivity contribution in [2.24, 2.45) is 0 Å². The lowest BCUT2D eigenvalue weighted by atomic mass is 10.2. The summed E-state index contributed by atoms with van der Waals surface area (Å²) in [6.45, 7) is 0.410. The number of aromatic nitrogens is 1. The molecule has 4 nitrogen and oxygen atoms in total. The zero-order valence-corrected chi connectivity index (χ0v) is 12.6. The lowest BCUT2D eigenvalue weighted by Crippen LogP contribution is -2.27. The Morgan fingerprint density at radius 1 is 1.48 bits per heavy atom. The minimum atomic E-state index is -0.142. The number of nitrogens with zero attached hydrogens (tertiary/aromatic N) is 2. The highest BCUT2D eigenvalue weighted by Crippen LogP contribution is 2.15. The van der Waals surface area contributed by atoms with Crippen molar-refractivity contribution in [2.45, 2.75) is 13.0 Å². The second kappa shape index (κ2) is 7.58. The summed E-state index contributed by atoms with van der Waals surface area (Å²) in [4.78, 5) is 18.7. The summed E-state index contributed by atoms with van der Waals surface area (Å²) in [6.07, 6.45) is 3.75. The molecule has 0 aliphatic heterocycles. The van der Waals surface area contributed by atoms with Crippen molar-refractivity contribution in [1.82, 2.24) is 9.88 Å². The molecule has 0 fully saturated rings. The number of amides is 1. The summed E-state index contributed by atoms with van der Waals surface area (Å²) >= 11 is 1.51. The molecule has 0 aliphatic rings. The van der Waals surface area contributed by atoms with Crippen LogP contribution in [0.3, 0.4) is 0 Å². The van der Waals surface area contributed by atoms with Crippen LogP contribution in [0.4, 0.5) is 0 Å². The minimum Gasteiger partial charge on any atom is -0.384 e. The van der Waals surface area contributed by atoms with Crippen LogP contribution in [-0.4, -0.2) is 34.6 Å². The van der Waals surface area contributed by atoms with Crippen molar-refractivity contribution in [3.8, 4) is 11.8 Å². The molecule has 1 amide bonds. The Morgan fingerprint density at radius 3 is 3.05 bits per heavy atom. The Hall–Kier alpha value is -2.16. The van der Waals surface area contributed by atoms with E-state index in [1.54, 1.807) is 24.3 Å². The smallest absolute Gasteiger partial charge is 0.227 e. The van der Waals surface area contributed by atoms with Crippen LogP contribution in [0.5, 0.6) is 0 Å². The summed E-state index contributed by atoms with van der Waals surface area (Å²) in [6, 6.07) is 5.67. The van der Waals surface area contributed by atoms with E-state index in [0.717, 1.165) is 16.0 Å². The van der Waals surface area contributed by atoms with Gasteiger partial charge in [-0.1, -0.05) is 17.9 Å². The molecule has 1 N–H and O–H groups in total. The molecule has 0 saturated carbocycles. The Kier molecular flexibility index (Phi) is 5.50. The third-order valence-electron chi connectivity index (χ3n) is 2.87. The fraction of sp³-hybridized carbons (Fsp3) is 0.250. The quantitative estimate of drug-likeness (QED) is 0.874. The maximum absolute atomic E-state index is 12.1. The van der Waals surface area contributed by atoms with Crippen molar-refractivity contribution in [3.05, 3.63) is 52.0 Å². The van der Waals surface area contributed by atoms with Crippen LogP contribution in [0.1, 0.15) is 16.0 Å². The number of likely N-dealkylation sites (N-methyl/N-ethyl adjacent to an activating group) is 1. The standard InChI is InChI=1S/C16H16N2O2S/c1-18(16(20)9-13-4-2-6-17-10-13)11-14-8-15(21-12-14)5-3-7-19/h2,4,6,8,10,12,19H,7,9,11H2,1H3. The Balaban J connectivity index is 1.93. The first-order valence-electron chi connectivity index (χ1n) is 6.49. The first kappa shape index (κ1) is 15.2. The summed E-state index contributed by atoms with van der Waals surface area (Å²) < 4.78 is 0. The Labute approximate surface area is 128 Å². The number of carbonyl (C=O) groups excluding carboxylic acids is 1. The number of hydrogen-bond donors (Lipinski definition) is 1. The van der Waals surface area contributed by atoms with Crippen LogP contribution in [0.15, 0.2) is 36.0 Å². The summed E-state index contributed by atoms with van der Waals surface area (Å²) in [5.41, 5.74) is 1.96. The highest BCUT2D eigenvalue weighted by Gasteiger charge is 2.11. The number of carbonyl (C=O) groups is 1. The van der Waals surface area contributed by atoms with Crippen molar-refractivity contribution < 1.29 is 9.90 Å². The van der Waals surface area contributed by atoms with Crippen LogP contribution < -0.4 is 0 Å². The van der Waals surface area contributed by atoms with Crippen molar-refractivity contribution in [3.63, 3.8) is 0 Å². The average Bonchev–Trinajstić information content (AvgIpc) is 2.93. The van der Waals surface area contributed by atoms with Gasteiger partial charge < -0.3 is 10.0 Å². The minimum absolute atomic E-state index is 0.0530. The number of pyridine rings is 1. The summed E-state index contributed by atoms with van der Waals surface area (Å²) in [5, 5.41) is 10.6. The predicted molar refractivity (Wildman–Crippen MR) is 82.7 cm³/mol. The SMILES string of the molecule is CN(Cc1csc(C#CCO)c1)C(=O)Cc1cccnc1. The van der Waals surface area contributed by atoms with E-state index in [1.165, 1.54) is 11.3 Å². The largest absolute Gasteiger partial charge is 0.384 e. The molecule has 2 heterocycles. The zero-order valence-electron chi connectivity index (χ0n) is 11.7. The number of aliphatic hydroxyl groups is 1. The Bertz CT molecular complexity index is 656. The third-order valence-corrected chi connectivity index (χ3v) is 3.76. The number of thiophene rings is 1. The first-order valence-corrected chi connectivity index (χ1v) is 7.37. The van der Waals surface area contributed by atoms with Crippen molar-refractivity contribution >= 4 is 17.2 Å². The van der Waals surface area contributed by atoms with Crippen LogP contribution in [-0.2, 0) is 17.8 Å². The molecule has 0 unspecified atom stereocenters. The molecule has 21 heavy (non-hydrogen) atoms. The molecule has 0 atom stereocenters. The van der Waals surface area contributed by atoms with Gasteiger partial charge in [0.2, 0.25) is 5.91 Å². The van der Waals surface area contributed by atoms with Gasteiger partial charge in [0.05, 0.1) is 11.3 Å². The van der Waals surface area contributed by atoms with Crippen molar-refractivity contribution in [1.29, 1.82) is 0 Å². The molecule has 5 heteroatoms. The molecule has 0 radical (unpaired) electrons. The van der Waals surface area contributed by atoms with E-state index in [9.17, 15) is 4.79 Å². The van der Waals surface area contributed by atoms with Gasteiger partial charge in [-0.15, -0.1) is 11.3 Å². The molecule has 108 valence electrons. The van der Waals surface area contributed by atoms with E-state index < -0.39 is 0 Å². The monoisotopic (exact) mass is 300 g/mol. The van der Waals surface area contributed by atoms with Crippen LogP contribution >= 0.6 is 11.3 Å². The average molecular weight is 300 g/mol. The van der Waals surface area contributed by atoms with Gasteiger partial charge in [-0.25, -0.2) is 0 Å². The first-order chi connectivity index (χ1) is 10.2. The fourth-order valence-corrected chi connectivity index (χ4v) is 2.60. The number of hydrogen-bond acceptors (Lipinski definition) is 4. The summed E-state index contributed by atoms with van der Waals surface area (Å²) in [7, 11) is 1.79. The highest BCUT2D eigenvalue weighted by atomic mass is 32.1. The number of rotatable bonds is 4. The van der Waals surface area contributed by atoms with Gasteiger partial charge in [0.15, 0.2) is 0 Å². The zero-order chi connectivity index (χ0) is 15.1. The van der Waals surface area contributed by atoms with Crippen LogP contribution in [0, 0.1) is 11.8 Å². The lowest BCUT2D eigenvalue weighted by molar-refractivity contribution is -0.129. The molecule has 0 saturated heterocycles. The van der Waals surface area contributed by atoms with Crippen LogP contribution in [0.25, 0.3) is 0 Å². The topological polar surface area (TPSA) is 53.4 Å². The van der Waals surface area contributed by atoms with Gasteiger partial charge in [-0.3, -0.25) is 9.78 Å². The second-order valence-electron chi connectivity index (χ2n) is 4.57. The molecule has 2 aromatic heterocycles. The van der Waals surface area contributed by atoms with Gasteiger partial charge in [-0.05, 0) is 28.6 Å². The third kappa shape index (κ3) is 4.71. The van der Waals surface area contributed by atoms with Gasteiger partial charge >= 0.3 is 0 Å². The lowest BCUT2D eigenvalue weighted by Gasteiger charge is -2.16. The van der Waals surface area contributed by atoms with Gasteiger partial charge in [0.25, 0.3) is 0 Å². The van der Waals surface area contributed by atoms with E-state index in [2.05, 4.69) is 16.8 Å². The molecular weight excluding hydrogens is 284 g/mol. The molecule has 0 aromatic carbocycles. The second-order valence-corrected chi connectivity index (χ2v) is 5.48. The van der Waals surface area contributed by atoms with E-state index in [1.807, 2.05) is 23.6 Å². The molecule has 0 bridgehead atoms. The van der Waals surface area contributed by atoms with Crippen LogP contribution in [0.2, 0.25) is 0 Å². The van der Waals surface area contributed by atoms with Gasteiger partial charge in [0.1, 0.15) is 6.61 Å². The highest BCUT2D eigenvalue weighted by molar-refractivity contribution is 7.10. The van der Waals surface area contributed by atoms with Gasteiger partial charge in [0, 0.05) is 26.0 Å². The van der Waals surface area contributed by atoms with E-state index in [0.29, 0.717) is 13.0 Å². The molecule has 0 spiro atoms. The maximum atomic E-state index is 12.1. The summed E-state index contributed by atoms with van der Waals surface area (Å²) in [5.74, 6) is 5.53. The predicted octanol–water partition coefficient (Wildman–Crippen LogP) is 1.69. The van der Waals surface area contributed by atoms with E-state index in [-0.39, 0.29) is 12.5 Å². The van der Waals surface area contributed by atoms with E-state index >= 15 is 0 Å². The molecule has 0 aliphatic carbocycles. The van der Waals surface area contributed by atoms with E-state index in [4.69, 9.17) is 5.11 Å². The Morgan fingerprint density at radius 2 is 2.33 bits per heavy atom. The maximum Gasteiger partial charge on any atom is 0.227 e. The normalized spacial score (nSPS) is 9.81. The number of aliphatic hydroxyl groups excluding tert-OH is 1.